The molecule has 2 amide bonds. The predicted octanol–water partition coefficient (Wildman–Crippen LogP) is 2.22. The molecule has 0 saturated carbocycles. The number of likely N-dealkylation sites (N-methyl/N-ethyl adjacent to an activating group) is 1. The number of rotatable bonds is 8. The van der Waals surface area contributed by atoms with E-state index in [1.54, 1.807) is 6.07 Å². The van der Waals surface area contributed by atoms with Crippen LogP contribution in [-0.2, 0) is 4.79 Å². The quantitative estimate of drug-likeness (QED) is 0.583. The summed E-state index contributed by atoms with van der Waals surface area (Å²) in [6, 6.07) is 5.23. The van der Waals surface area contributed by atoms with Gasteiger partial charge in [-0.05, 0) is 50.0 Å². The van der Waals surface area contributed by atoms with E-state index < -0.39 is 0 Å². The average molecular weight is 402 g/mol. The highest BCUT2D eigenvalue weighted by atomic mass is 16.2. The van der Waals surface area contributed by atoms with Gasteiger partial charge >= 0.3 is 0 Å². The van der Waals surface area contributed by atoms with Gasteiger partial charge in [0.1, 0.15) is 6.04 Å². The molecular formula is C22H35N5O2. The Balaban J connectivity index is 1.45. The number of piperazine rings is 1. The van der Waals surface area contributed by atoms with Crippen LogP contribution in [0.25, 0.3) is 0 Å². The minimum Gasteiger partial charge on any atom is -0.372 e. The van der Waals surface area contributed by atoms with E-state index in [-0.39, 0.29) is 17.9 Å². The van der Waals surface area contributed by atoms with E-state index in [1.165, 1.54) is 0 Å². The van der Waals surface area contributed by atoms with Gasteiger partial charge in [0.15, 0.2) is 0 Å². The first kappa shape index (κ1) is 21.6. The lowest BCUT2D eigenvalue weighted by Gasteiger charge is -2.33. The maximum atomic E-state index is 12.5. The van der Waals surface area contributed by atoms with Crippen molar-refractivity contribution in [1.29, 1.82) is 0 Å². The van der Waals surface area contributed by atoms with Gasteiger partial charge in [-0.15, -0.1) is 0 Å². The van der Waals surface area contributed by atoms with Crippen molar-refractivity contribution in [2.75, 3.05) is 56.4 Å². The third-order valence-electron chi connectivity index (χ3n) is 5.74. The predicted molar refractivity (Wildman–Crippen MR) is 117 cm³/mol. The van der Waals surface area contributed by atoms with Crippen LogP contribution >= 0.6 is 0 Å². The van der Waals surface area contributed by atoms with Crippen LogP contribution in [-0.4, -0.2) is 73.5 Å². The van der Waals surface area contributed by atoms with Crippen LogP contribution in [0.4, 0.5) is 11.4 Å². The van der Waals surface area contributed by atoms with Gasteiger partial charge in [-0.1, -0.05) is 20.8 Å². The molecule has 1 fully saturated rings. The van der Waals surface area contributed by atoms with Gasteiger partial charge in [-0.25, -0.2) is 0 Å². The van der Waals surface area contributed by atoms with Crippen LogP contribution < -0.4 is 16.0 Å². The lowest BCUT2D eigenvalue weighted by molar-refractivity contribution is -0.117. The zero-order valence-corrected chi connectivity index (χ0v) is 18.0. The van der Waals surface area contributed by atoms with E-state index in [2.05, 4.69) is 46.5 Å². The topological polar surface area (TPSA) is 76.7 Å². The normalized spacial score (nSPS) is 20.1. The maximum Gasteiger partial charge on any atom is 0.251 e. The summed E-state index contributed by atoms with van der Waals surface area (Å²) in [6.07, 6.45) is 1.72. The molecule has 3 N–H and O–H groups in total. The third kappa shape index (κ3) is 5.93. The first-order valence-corrected chi connectivity index (χ1v) is 10.9. The fourth-order valence-electron chi connectivity index (χ4n) is 3.96. The molecule has 1 aromatic carbocycles. The summed E-state index contributed by atoms with van der Waals surface area (Å²) < 4.78 is 0. The molecule has 0 aliphatic carbocycles. The smallest absolute Gasteiger partial charge is 0.251 e. The van der Waals surface area contributed by atoms with Crippen LogP contribution in [0.1, 0.15) is 44.0 Å². The van der Waals surface area contributed by atoms with Crippen molar-refractivity contribution >= 4 is 23.2 Å². The van der Waals surface area contributed by atoms with Crippen LogP contribution in [0.2, 0.25) is 0 Å². The molecule has 2 heterocycles. The fourth-order valence-corrected chi connectivity index (χ4v) is 3.96. The van der Waals surface area contributed by atoms with Crippen LogP contribution in [0.3, 0.4) is 0 Å². The summed E-state index contributed by atoms with van der Waals surface area (Å²) in [6.45, 7) is 13.7. The molecule has 2 aliphatic heterocycles. The van der Waals surface area contributed by atoms with Gasteiger partial charge in [0.05, 0.1) is 11.4 Å². The van der Waals surface area contributed by atoms with Crippen molar-refractivity contribution in [3.8, 4) is 0 Å². The minimum absolute atomic E-state index is 0.0353. The highest BCUT2D eigenvalue weighted by Gasteiger charge is 2.26. The molecule has 7 heteroatoms. The Bertz CT molecular complexity index is 713. The monoisotopic (exact) mass is 401 g/mol. The highest BCUT2D eigenvalue weighted by molar-refractivity contribution is 6.05. The largest absolute Gasteiger partial charge is 0.372 e. The van der Waals surface area contributed by atoms with Crippen LogP contribution in [0.15, 0.2) is 18.2 Å². The third-order valence-corrected chi connectivity index (χ3v) is 5.74. The molecule has 0 bridgehead atoms. The Morgan fingerprint density at radius 2 is 1.90 bits per heavy atom. The van der Waals surface area contributed by atoms with Gasteiger partial charge in [-0.3, -0.25) is 9.59 Å². The second-order valence-electron chi connectivity index (χ2n) is 8.46. The Morgan fingerprint density at radius 3 is 2.59 bits per heavy atom. The van der Waals surface area contributed by atoms with Crippen LogP contribution in [0, 0.1) is 5.92 Å². The summed E-state index contributed by atoms with van der Waals surface area (Å²) in [5.74, 6) is 0.300. The first-order chi connectivity index (χ1) is 14.0. The van der Waals surface area contributed by atoms with Crippen molar-refractivity contribution in [1.82, 2.24) is 15.1 Å². The number of carbonyl (C=O) groups is 2. The number of hydrogen-bond donors (Lipinski definition) is 3. The Labute approximate surface area is 174 Å². The molecule has 1 saturated heterocycles. The molecule has 29 heavy (non-hydrogen) atoms. The summed E-state index contributed by atoms with van der Waals surface area (Å²) in [7, 11) is 0. The molecular weight excluding hydrogens is 366 g/mol. The zero-order chi connectivity index (χ0) is 20.8. The molecule has 0 radical (unpaired) electrons. The van der Waals surface area contributed by atoms with E-state index in [0.29, 0.717) is 23.7 Å². The number of hydrogen-bond acceptors (Lipinski definition) is 5. The lowest BCUT2D eigenvalue weighted by Crippen LogP contribution is -2.46. The van der Waals surface area contributed by atoms with E-state index in [4.69, 9.17) is 0 Å². The maximum absolute atomic E-state index is 12.5. The van der Waals surface area contributed by atoms with E-state index in [9.17, 15) is 9.59 Å². The number of anilines is 2. The average Bonchev–Trinajstić information content (AvgIpc) is 2.71. The van der Waals surface area contributed by atoms with E-state index in [0.717, 1.165) is 57.8 Å². The highest BCUT2D eigenvalue weighted by Crippen LogP contribution is 2.29. The van der Waals surface area contributed by atoms with Crippen molar-refractivity contribution in [2.45, 2.75) is 39.7 Å². The first-order valence-electron chi connectivity index (χ1n) is 10.9. The molecule has 1 unspecified atom stereocenters. The number of fused-ring (bicyclic) bond motifs is 1. The minimum atomic E-state index is -0.221. The molecule has 160 valence electrons. The number of nitrogens with zero attached hydrogens (tertiary/aromatic N) is 2. The number of carbonyl (C=O) groups excluding carboxylic acids is 2. The number of benzene rings is 1. The molecule has 1 atom stereocenters. The molecule has 3 rings (SSSR count). The van der Waals surface area contributed by atoms with Crippen molar-refractivity contribution in [2.24, 2.45) is 5.92 Å². The Kier molecular flexibility index (Phi) is 7.50. The molecule has 0 spiro atoms. The van der Waals surface area contributed by atoms with E-state index >= 15 is 0 Å². The number of amides is 2. The Hall–Kier alpha value is -2.12. The van der Waals surface area contributed by atoms with Crippen molar-refractivity contribution < 1.29 is 9.59 Å². The van der Waals surface area contributed by atoms with E-state index in [1.807, 2.05) is 12.1 Å². The van der Waals surface area contributed by atoms with Crippen molar-refractivity contribution in [3.63, 3.8) is 0 Å². The van der Waals surface area contributed by atoms with Gasteiger partial charge in [0.25, 0.3) is 5.91 Å². The summed E-state index contributed by atoms with van der Waals surface area (Å²) in [5.41, 5.74) is 2.12. The number of nitrogens with one attached hydrogen (secondary N) is 3. The summed E-state index contributed by atoms with van der Waals surface area (Å²) in [4.78, 5) is 29.7. The summed E-state index contributed by atoms with van der Waals surface area (Å²) in [5, 5.41) is 9.23. The summed E-state index contributed by atoms with van der Waals surface area (Å²) >= 11 is 0. The second kappa shape index (κ2) is 10.1. The second-order valence-corrected chi connectivity index (χ2v) is 8.46. The standard InChI is InChI=1S/C22H35N5O2/c1-4-26-10-12-27(13-11-26)9-5-8-23-21(28)17-6-7-18-19(15-17)25-22(29)20(24-18)14-16(2)3/h6-7,15-16,20,24H,4-5,8-14H2,1-3H3,(H,23,28)(H,25,29). The zero-order valence-electron chi connectivity index (χ0n) is 18.0. The lowest BCUT2D eigenvalue weighted by atomic mass is 10.00. The van der Waals surface area contributed by atoms with Gasteiger partial charge < -0.3 is 25.8 Å². The van der Waals surface area contributed by atoms with Gasteiger partial charge in [-0.2, -0.15) is 0 Å². The molecule has 0 aromatic heterocycles. The van der Waals surface area contributed by atoms with Gasteiger partial charge in [0.2, 0.25) is 5.91 Å². The molecule has 1 aromatic rings. The van der Waals surface area contributed by atoms with Crippen LogP contribution in [0.5, 0.6) is 0 Å². The fraction of sp³-hybridized carbons (Fsp3) is 0.636. The Morgan fingerprint density at radius 1 is 1.17 bits per heavy atom. The van der Waals surface area contributed by atoms with Crippen molar-refractivity contribution in [3.05, 3.63) is 23.8 Å². The molecule has 2 aliphatic rings. The molecule has 7 nitrogen and oxygen atoms in total. The SMILES string of the molecule is CCN1CCN(CCCNC(=O)c2ccc3c(c2)NC(=O)C(CC(C)C)N3)CC1. The van der Waals surface area contributed by atoms with Gasteiger partial charge in [0, 0.05) is 38.3 Å².